The lowest BCUT2D eigenvalue weighted by molar-refractivity contribution is 0.814. The van der Waals surface area contributed by atoms with E-state index < -0.39 is 0 Å². The van der Waals surface area contributed by atoms with Gasteiger partial charge in [0.05, 0.1) is 10.7 Å². The number of hydrogen-bond donors (Lipinski definition) is 1. The number of nitrogens with zero attached hydrogens (tertiary/aromatic N) is 4. The fourth-order valence-electron chi connectivity index (χ4n) is 1.89. The minimum atomic E-state index is 0.151. The summed E-state index contributed by atoms with van der Waals surface area (Å²) in [4.78, 5) is 14.6. The molecule has 0 radical (unpaired) electrons. The van der Waals surface area contributed by atoms with Crippen LogP contribution in [-0.2, 0) is 0 Å². The van der Waals surface area contributed by atoms with E-state index in [1.165, 1.54) is 0 Å². The third-order valence-corrected chi connectivity index (χ3v) is 3.50. The molecule has 0 unspecified atom stereocenters. The highest BCUT2D eigenvalue weighted by molar-refractivity contribution is 6.33. The number of aryl methyl sites for hydroxylation is 1. The van der Waals surface area contributed by atoms with E-state index in [9.17, 15) is 0 Å². The molecule has 0 fully saturated rings. The van der Waals surface area contributed by atoms with Crippen LogP contribution in [0.1, 0.15) is 19.4 Å². The summed E-state index contributed by atoms with van der Waals surface area (Å²) < 4.78 is 0. The molecule has 0 saturated heterocycles. The summed E-state index contributed by atoms with van der Waals surface area (Å²) in [5.41, 5.74) is 1.82. The molecule has 0 bridgehead atoms. The van der Waals surface area contributed by atoms with E-state index >= 15 is 0 Å². The normalized spacial score (nSPS) is 10.5. The Hall–Kier alpha value is -1.59. The number of anilines is 3. The molecule has 1 N–H and O–H groups in total. The Morgan fingerprint density at radius 1 is 1.10 bits per heavy atom. The van der Waals surface area contributed by atoms with Gasteiger partial charge in [-0.3, -0.25) is 0 Å². The Kier molecular flexibility index (Phi) is 5.20. The molecule has 21 heavy (non-hydrogen) atoms. The Labute approximate surface area is 134 Å². The molecule has 0 amide bonds. The van der Waals surface area contributed by atoms with Crippen molar-refractivity contribution in [3.8, 4) is 0 Å². The Balaban J connectivity index is 2.31. The van der Waals surface area contributed by atoms with Crippen LogP contribution in [0.3, 0.4) is 0 Å². The molecule has 0 spiro atoms. The zero-order chi connectivity index (χ0) is 15.4. The van der Waals surface area contributed by atoms with Gasteiger partial charge in [-0.25, -0.2) is 0 Å². The maximum atomic E-state index is 6.20. The third-order valence-electron chi connectivity index (χ3n) is 3.01. The summed E-state index contributed by atoms with van der Waals surface area (Å²) in [6, 6.07) is 5.72. The average molecular weight is 326 g/mol. The van der Waals surface area contributed by atoms with Crippen molar-refractivity contribution in [2.24, 2.45) is 0 Å². The van der Waals surface area contributed by atoms with Crippen LogP contribution in [0.2, 0.25) is 10.3 Å². The van der Waals surface area contributed by atoms with Gasteiger partial charge >= 0.3 is 0 Å². The standard InChI is InChI=1S/C14H17Cl2N5/c1-4-21(5-2)14-19-12(16)18-13(20-14)17-11-7-6-9(3)8-10(11)15/h6-8H,4-5H2,1-3H3,(H,17,18,19,20). The lowest BCUT2D eigenvalue weighted by atomic mass is 10.2. The summed E-state index contributed by atoms with van der Waals surface area (Å²) >= 11 is 12.2. The second kappa shape index (κ2) is 6.91. The lowest BCUT2D eigenvalue weighted by Crippen LogP contribution is -2.24. The molecule has 2 rings (SSSR count). The molecular formula is C14H17Cl2N5. The van der Waals surface area contributed by atoms with E-state index in [-0.39, 0.29) is 5.28 Å². The third kappa shape index (κ3) is 3.95. The maximum Gasteiger partial charge on any atom is 0.233 e. The van der Waals surface area contributed by atoms with Crippen molar-refractivity contribution in [1.82, 2.24) is 15.0 Å². The lowest BCUT2D eigenvalue weighted by Gasteiger charge is -2.19. The number of nitrogens with one attached hydrogen (secondary N) is 1. The largest absolute Gasteiger partial charge is 0.341 e. The first kappa shape index (κ1) is 15.8. The van der Waals surface area contributed by atoms with Crippen molar-refractivity contribution in [2.75, 3.05) is 23.3 Å². The predicted molar refractivity (Wildman–Crippen MR) is 87.9 cm³/mol. The molecule has 1 aromatic heterocycles. The molecule has 1 heterocycles. The second-order valence-electron chi connectivity index (χ2n) is 4.51. The maximum absolute atomic E-state index is 6.20. The summed E-state index contributed by atoms with van der Waals surface area (Å²) in [6.45, 7) is 7.63. The van der Waals surface area contributed by atoms with Crippen LogP contribution in [0.15, 0.2) is 18.2 Å². The topological polar surface area (TPSA) is 53.9 Å². The van der Waals surface area contributed by atoms with Crippen LogP contribution in [0.4, 0.5) is 17.6 Å². The summed E-state index contributed by atoms with van der Waals surface area (Å²) in [6.07, 6.45) is 0. The zero-order valence-electron chi connectivity index (χ0n) is 12.2. The van der Waals surface area contributed by atoms with E-state index in [2.05, 4.69) is 20.3 Å². The van der Waals surface area contributed by atoms with Gasteiger partial charge in [0.15, 0.2) is 0 Å². The van der Waals surface area contributed by atoms with Crippen molar-refractivity contribution >= 4 is 40.8 Å². The van der Waals surface area contributed by atoms with E-state index in [1.807, 2.05) is 43.9 Å². The SMILES string of the molecule is CCN(CC)c1nc(Cl)nc(Nc2ccc(C)cc2Cl)n1. The van der Waals surface area contributed by atoms with Crippen LogP contribution in [0.25, 0.3) is 0 Å². The quantitative estimate of drug-likeness (QED) is 0.897. The molecule has 0 aliphatic heterocycles. The van der Waals surface area contributed by atoms with E-state index in [0.29, 0.717) is 16.9 Å². The molecule has 0 saturated carbocycles. The smallest absolute Gasteiger partial charge is 0.233 e. The number of aromatic nitrogens is 3. The fourth-order valence-corrected chi connectivity index (χ4v) is 2.32. The zero-order valence-corrected chi connectivity index (χ0v) is 13.7. The van der Waals surface area contributed by atoms with Gasteiger partial charge in [0.2, 0.25) is 17.2 Å². The fraction of sp³-hybridized carbons (Fsp3) is 0.357. The highest BCUT2D eigenvalue weighted by Gasteiger charge is 2.11. The number of hydrogen-bond acceptors (Lipinski definition) is 5. The van der Waals surface area contributed by atoms with Crippen molar-refractivity contribution in [2.45, 2.75) is 20.8 Å². The Bertz CT molecular complexity index is 629. The number of halogens is 2. The van der Waals surface area contributed by atoms with Gasteiger partial charge in [0.1, 0.15) is 0 Å². The van der Waals surface area contributed by atoms with Gasteiger partial charge in [-0.05, 0) is 50.1 Å². The number of rotatable bonds is 5. The molecule has 5 nitrogen and oxygen atoms in total. The minimum Gasteiger partial charge on any atom is -0.341 e. The van der Waals surface area contributed by atoms with Crippen LogP contribution in [0, 0.1) is 6.92 Å². The highest BCUT2D eigenvalue weighted by atomic mass is 35.5. The first-order chi connectivity index (χ1) is 10.0. The molecule has 1 aromatic carbocycles. The van der Waals surface area contributed by atoms with E-state index in [0.717, 1.165) is 24.3 Å². The summed E-state index contributed by atoms with van der Waals surface area (Å²) in [5.74, 6) is 0.924. The Morgan fingerprint density at radius 2 is 1.81 bits per heavy atom. The van der Waals surface area contributed by atoms with Crippen LogP contribution < -0.4 is 10.2 Å². The van der Waals surface area contributed by atoms with Crippen LogP contribution in [-0.4, -0.2) is 28.0 Å². The molecule has 7 heteroatoms. The van der Waals surface area contributed by atoms with E-state index in [4.69, 9.17) is 23.2 Å². The molecule has 0 atom stereocenters. The van der Waals surface area contributed by atoms with Crippen molar-refractivity contribution in [3.05, 3.63) is 34.1 Å². The van der Waals surface area contributed by atoms with Crippen molar-refractivity contribution in [3.63, 3.8) is 0 Å². The predicted octanol–water partition coefficient (Wildman–Crippen LogP) is 4.08. The van der Waals surface area contributed by atoms with E-state index in [1.54, 1.807) is 0 Å². The molecule has 112 valence electrons. The van der Waals surface area contributed by atoms with Gasteiger partial charge in [-0.2, -0.15) is 15.0 Å². The molecule has 0 aliphatic carbocycles. The van der Waals surface area contributed by atoms with Crippen molar-refractivity contribution < 1.29 is 0 Å². The van der Waals surface area contributed by atoms with Gasteiger partial charge in [0.25, 0.3) is 0 Å². The molecule has 2 aromatic rings. The van der Waals surface area contributed by atoms with Crippen LogP contribution in [0.5, 0.6) is 0 Å². The average Bonchev–Trinajstić information content (AvgIpc) is 2.43. The first-order valence-electron chi connectivity index (χ1n) is 6.73. The van der Waals surface area contributed by atoms with Crippen molar-refractivity contribution in [1.29, 1.82) is 0 Å². The van der Waals surface area contributed by atoms with Crippen LogP contribution >= 0.6 is 23.2 Å². The minimum absolute atomic E-state index is 0.151. The molecular weight excluding hydrogens is 309 g/mol. The monoisotopic (exact) mass is 325 g/mol. The number of benzene rings is 1. The van der Waals surface area contributed by atoms with Gasteiger partial charge in [0, 0.05) is 13.1 Å². The summed E-state index contributed by atoms with van der Waals surface area (Å²) in [7, 11) is 0. The second-order valence-corrected chi connectivity index (χ2v) is 5.25. The highest BCUT2D eigenvalue weighted by Crippen LogP contribution is 2.26. The van der Waals surface area contributed by atoms with Gasteiger partial charge in [-0.15, -0.1) is 0 Å². The first-order valence-corrected chi connectivity index (χ1v) is 7.48. The Morgan fingerprint density at radius 3 is 2.43 bits per heavy atom. The van der Waals surface area contributed by atoms with Gasteiger partial charge in [-0.1, -0.05) is 17.7 Å². The van der Waals surface area contributed by atoms with Gasteiger partial charge < -0.3 is 10.2 Å². The molecule has 0 aliphatic rings. The summed E-state index contributed by atoms with van der Waals surface area (Å²) in [5, 5.41) is 3.84.